The monoisotopic (exact) mass is 363 g/mol. The van der Waals surface area contributed by atoms with E-state index >= 15 is 0 Å². The molecule has 0 aromatic carbocycles. The number of nitrogens with one attached hydrogen (secondary N) is 1. The van der Waals surface area contributed by atoms with E-state index in [4.69, 9.17) is 4.74 Å². The summed E-state index contributed by atoms with van der Waals surface area (Å²) in [6, 6.07) is 2.04. The topological polar surface area (TPSA) is 71.5 Å². The van der Waals surface area contributed by atoms with Crippen molar-refractivity contribution in [1.82, 2.24) is 9.88 Å². The van der Waals surface area contributed by atoms with Gasteiger partial charge in [-0.05, 0) is 23.4 Å². The molecule has 3 rings (SSSR count). The number of aromatic nitrogens is 1. The predicted molar refractivity (Wildman–Crippen MR) is 94.5 cm³/mol. The van der Waals surface area contributed by atoms with E-state index < -0.39 is 5.97 Å². The summed E-state index contributed by atoms with van der Waals surface area (Å²) in [7, 11) is 0. The zero-order chi connectivity index (χ0) is 16.9. The highest BCUT2D eigenvalue weighted by Crippen LogP contribution is 2.24. The van der Waals surface area contributed by atoms with E-state index in [1.165, 1.54) is 21.8 Å². The highest BCUT2D eigenvalue weighted by atomic mass is 32.1. The molecule has 1 aliphatic rings. The average molecular weight is 363 g/mol. The molecule has 0 atom stereocenters. The second-order valence-corrected chi connectivity index (χ2v) is 7.08. The highest BCUT2D eigenvalue weighted by Gasteiger charge is 2.23. The second-order valence-electron chi connectivity index (χ2n) is 5.22. The molecule has 126 valence electrons. The van der Waals surface area contributed by atoms with Gasteiger partial charge in [0.05, 0.1) is 0 Å². The number of hydrogen-bond acceptors (Lipinski definition) is 7. The maximum Gasteiger partial charge on any atom is 0.358 e. The van der Waals surface area contributed by atoms with Gasteiger partial charge in [-0.15, -0.1) is 29.3 Å². The fraction of sp³-hybridized carbons (Fsp3) is 0.312. The third kappa shape index (κ3) is 3.82. The average Bonchev–Trinajstić information content (AvgIpc) is 3.25. The molecule has 1 aliphatic heterocycles. The summed E-state index contributed by atoms with van der Waals surface area (Å²) in [5.41, 5.74) is 1.39. The van der Waals surface area contributed by atoms with E-state index in [2.05, 4.69) is 16.9 Å². The molecule has 0 radical (unpaired) electrons. The first kappa shape index (κ1) is 16.7. The Balaban J connectivity index is 1.50. The van der Waals surface area contributed by atoms with Crippen LogP contribution in [0.1, 0.15) is 20.9 Å². The van der Waals surface area contributed by atoms with Crippen molar-refractivity contribution in [3.8, 4) is 0 Å². The van der Waals surface area contributed by atoms with Crippen LogP contribution in [0.4, 0.5) is 5.13 Å². The summed E-state index contributed by atoms with van der Waals surface area (Å²) in [5, 5.41) is 7.27. The van der Waals surface area contributed by atoms with Crippen LogP contribution < -0.4 is 5.32 Å². The van der Waals surface area contributed by atoms with Gasteiger partial charge < -0.3 is 15.0 Å². The van der Waals surface area contributed by atoms with Gasteiger partial charge in [0.2, 0.25) is 0 Å². The number of hydrogen-bond donors (Lipinski definition) is 1. The summed E-state index contributed by atoms with van der Waals surface area (Å²) < 4.78 is 5.10. The molecule has 0 spiro atoms. The largest absolute Gasteiger partial charge is 0.451 e. The molecule has 0 fully saturated rings. The van der Waals surface area contributed by atoms with Crippen molar-refractivity contribution in [2.45, 2.75) is 13.0 Å². The molecule has 0 unspecified atom stereocenters. The van der Waals surface area contributed by atoms with E-state index in [1.807, 2.05) is 11.4 Å². The van der Waals surface area contributed by atoms with Crippen molar-refractivity contribution >= 4 is 39.7 Å². The van der Waals surface area contributed by atoms with Gasteiger partial charge in [0.25, 0.3) is 5.91 Å². The first-order valence-electron chi connectivity index (χ1n) is 7.48. The van der Waals surface area contributed by atoms with Crippen LogP contribution in [0.2, 0.25) is 0 Å². The Bertz CT molecular complexity index is 753. The van der Waals surface area contributed by atoms with E-state index in [9.17, 15) is 9.59 Å². The van der Waals surface area contributed by atoms with Crippen molar-refractivity contribution < 1.29 is 14.3 Å². The minimum Gasteiger partial charge on any atom is -0.451 e. The highest BCUT2D eigenvalue weighted by molar-refractivity contribution is 7.13. The lowest BCUT2D eigenvalue weighted by Crippen LogP contribution is -2.38. The van der Waals surface area contributed by atoms with Crippen LogP contribution in [-0.4, -0.2) is 41.5 Å². The van der Waals surface area contributed by atoms with Crippen LogP contribution in [0.15, 0.2) is 29.5 Å². The summed E-state index contributed by atoms with van der Waals surface area (Å²) in [6.07, 6.45) is 2.56. The lowest BCUT2D eigenvalue weighted by Gasteiger charge is -2.26. The number of anilines is 1. The van der Waals surface area contributed by atoms with Crippen LogP contribution in [0.3, 0.4) is 0 Å². The van der Waals surface area contributed by atoms with Gasteiger partial charge in [-0.1, -0.05) is 6.08 Å². The van der Waals surface area contributed by atoms with E-state index in [1.54, 1.807) is 27.7 Å². The number of amides is 1. The van der Waals surface area contributed by atoms with E-state index in [-0.39, 0.29) is 18.2 Å². The molecule has 0 bridgehead atoms. The quantitative estimate of drug-likeness (QED) is 0.631. The Morgan fingerprint density at radius 1 is 1.46 bits per heavy atom. The Kier molecular flexibility index (Phi) is 5.27. The fourth-order valence-electron chi connectivity index (χ4n) is 2.36. The normalized spacial score (nSPS) is 13.2. The number of ether oxygens (including phenoxy) is 1. The number of nitrogens with zero attached hydrogens (tertiary/aromatic N) is 2. The molecule has 1 N–H and O–H groups in total. The van der Waals surface area contributed by atoms with Crippen LogP contribution in [-0.2, 0) is 22.5 Å². The van der Waals surface area contributed by atoms with Crippen LogP contribution in [0.5, 0.6) is 0 Å². The lowest BCUT2D eigenvalue weighted by atomic mass is 10.1. The molecule has 1 amide bonds. The molecule has 0 saturated carbocycles. The van der Waals surface area contributed by atoms with E-state index in [0.717, 1.165) is 6.42 Å². The molecule has 6 nitrogen and oxygen atoms in total. The first-order chi connectivity index (χ1) is 11.7. The number of fused-ring (bicyclic) bond motifs is 1. The summed E-state index contributed by atoms with van der Waals surface area (Å²) in [4.78, 5) is 31.4. The molecule has 0 aliphatic carbocycles. The molecule has 2 aromatic heterocycles. The maximum atomic E-state index is 12.2. The summed E-state index contributed by atoms with van der Waals surface area (Å²) in [6.45, 7) is 5.16. The maximum absolute atomic E-state index is 12.2. The molecule has 8 heteroatoms. The number of carbonyl (C=O) groups is 2. The molecule has 0 saturated heterocycles. The number of thiophene rings is 1. The number of rotatable bonds is 6. The SMILES string of the molecule is C=CCNc1nc(C(=O)OCC(=O)N2CCc3sccc3C2)cs1. The number of esters is 1. The Morgan fingerprint density at radius 2 is 2.33 bits per heavy atom. The first-order valence-corrected chi connectivity index (χ1v) is 9.23. The lowest BCUT2D eigenvalue weighted by molar-refractivity contribution is -0.135. The van der Waals surface area contributed by atoms with Gasteiger partial charge in [0, 0.05) is 29.9 Å². The van der Waals surface area contributed by atoms with Gasteiger partial charge in [-0.2, -0.15) is 0 Å². The van der Waals surface area contributed by atoms with Gasteiger partial charge in [0.1, 0.15) is 0 Å². The second kappa shape index (κ2) is 7.59. The van der Waals surface area contributed by atoms with Gasteiger partial charge in [-0.3, -0.25) is 4.79 Å². The number of thiazole rings is 1. The fourth-order valence-corrected chi connectivity index (χ4v) is 3.94. The Labute approximate surface area is 147 Å². The third-order valence-electron chi connectivity index (χ3n) is 3.60. The van der Waals surface area contributed by atoms with Gasteiger partial charge in [0.15, 0.2) is 17.4 Å². The molecular formula is C16H17N3O3S2. The van der Waals surface area contributed by atoms with Crippen molar-refractivity contribution in [3.63, 3.8) is 0 Å². The zero-order valence-electron chi connectivity index (χ0n) is 13.0. The molecular weight excluding hydrogens is 346 g/mol. The van der Waals surface area contributed by atoms with Crippen LogP contribution in [0.25, 0.3) is 0 Å². The smallest absolute Gasteiger partial charge is 0.358 e. The van der Waals surface area contributed by atoms with Gasteiger partial charge in [-0.25, -0.2) is 9.78 Å². The minimum atomic E-state index is -0.584. The summed E-state index contributed by atoms with van der Waals surface area (Å²) in [5.74, 6) is -0.764. The van der Waals surface area contributed by atoms with Crippen LogP contribution in [0, 0.1) is 0 Å². The standard InChI is InChI=1S/C16H17N3O3S2/c1-2-5-17-16-18-12(10-24-16)15(21)22-9-14(20)19-6-3-13-11(8-19)4-7-23-13/h2,4,7,10H,1,3,5-6,8-9H2,(H,17,18). The van der Waals surface area contributed by atoms with Crippen molar-refractivity contribution in [3.05, 3.63) is 45.6 Å². The van der Waals surface area contributed by atoms with Gasteiger partial charge >= 0.3 is 5.97 Å². The van der Waals surface area contributed by atoms with E-state index in [0.29, 0.717) is 24.8 Å². The molecule has 24 heavy (non-hydrogen) atoms. The van der Waals surface area contributed by atoms with Crippen LogP contribution >= 0.6 is 22.7 Å². The van der Waals surface area contributed by atoms with Crippen molar-refractivity contribution in [2.24, 2.45) is 0 Å². The summed E-state index contributed by atoms with van der Waals surface area (Å²) >= 11 is 3.03. The molecule has 3 heterocycles. The predicted octanol–water partition coefficient (Wildman–Crippen LogP) is 2.54. The van der Waals surface area contributed by atoms with Crippen molar-refractivity contribution in [2.75, 3.05) is 25.0 Å². The third-order valence-corrected chi connectivity index (χ3v) is 5.42. The number of carbonyl (C=O) groups excluding carboxylic acids is 2. The Hall–Kier alpha value is -2.19. The zero-order valence-corrected chi connectivity index (χ0v) is 14.6. The molecule has 2 aromatic rings. The van der Waals surface area contributed by atoms with Crippen molar-refractivity contribution in [1.29, 1.82) is 0 Å². The Morgan fingerprint density at radius 3 is 3.17 bits per heavy atom. The minimum absolute atomic E-state index is 0.180.